The van der Waals surface area contributed by atoms with Crippen molar-refractivity contribution in [3.63, 3.8) is 0 Å². The molecule has 5 heteroatoms. The molecule has 1 aromatic rings. The van der Waals surface area contributed by atoms with Gasteiger partial charge in [-0.15, -0.1) is 0 Å². The molecule has 0 bridgehead atoms. The fraction of sp³-hybridized carbons (Fsp3) is 0.600. The first kappa shape index (κ1) is 14.6. The first-order valence-electron chi connectivity index (χ1n) is 7.12. The molecule has 20 heavy (non-hydrogen) atoms. The Hall–Kier alpha value is -1.78. The minimum Gasteiger partial charge on any atom is -0.354 e. The minimum absolute atomic E-state index is 0.00193. The molecule has 1 aliphatic rings. The van der Waals surface area contributed by atoms with Gasteiger partial charge in [0.05, 0.1) is 5.92 Å². The fourth-order valence-corrected chi connectivity index (χ4v) is 2.59. The minimum atomic E-state index is -0.190. The molecule has 0 radical (unpaired) electrons. The summed E-state index contributed by atoms with van der Waals surface area (Å²) < 4.78 is 2.10. The molecule has 2 atom stereocenters. The molecule has 1 fully saturated rings. The fourth-order valence-electron chi connectivity index (χ4n) is 2.59. The summed E-state index contributed by atoms with van der Waals surface area (Å²) in [6.45, 7) is 2.55. The first-order chi connectivity index (χ1) is 9.47. The second-order valence-electron chi connectivity index (χ2n) is 5.73. The van der Waals surface area contributed by atoms with E-state index in [9.17, 15) is 9.59 Å². The Labute approximate surface area is 119 Å². The average Bonchev–Trinajstić information content (AvgIpc) is 2.94. The molecule has 1 saturated heterocycles. The van der Waals surface area contributed by atoms with Crippen molar-refractivity contribution in [1.82, 2.24) is 14.8 Å². The molecule has 1 aromatic heterocycles. The van der Waals surface area contributed by atoms with E-state index in [-0.39, 0.29) is 23.8 Å². The molecular weight excluding hydrogens is 254 g/mol. The van der Waals surface area contributed by atoms with E-state index in [4.69, 9.17) is 0 Å². The molecule has 0 aliphatic carbocycles. The third kappa shape index (κ3) is 3.40. The Bertz CT molecular complexity index is 495. The Morgan fingerprint density at radius 3 is 2.80 bits per heavy atom. The highest BCUT2D eigenvalue weighted by Crippen LogP contribution is 2.16. The van der Waals surface area contributed by atoms with Crippen LogP contribution in [-0.4, -0.2) is 40.9 Å². The van der Waals surface area contributed by atoms with E-state index in [1.54, 1.807) is 11.9 Å². The third-order valence-corrected chi connectivity index (χ3v) is 3.99. The number of aromatic nitrogens is 1. The number of nitrogens with zero attached hydrogens (tertiary/aromatic N) is 2. The lowest BCUT2D eigenvalue weighted by molar-refractivity contribution is -0.128. The van der Waals surface area contributed by atoms with Crippen LogP contribution in [0.25, 0.3) is 0 Å². The lowest BCUT2D eigenvalue weighted by atomic mass is 10.1. The molecule has 2 rings (SSSR count). The van der Waals surface area contributed by atoms with Crippen molar-refractivity contribution < 1.29 is 9.59 Å². The normalized spacial score (nSPS) is 20.2. The Morgan fingerprint density at radius 1 is 1.50 bits per heavy atom. The second kappa shape index (κ2) is 6.11. The largest absolute Gasteiger partial charge is 0.354 e. The van der Waals surface area contributed by atoms with Crippen molar-refractivity contribution in [2.45, 2.75) is 32.2 Å². The number of hydrogen-bond acceptors (Lipinski definition) is 2. The van der Waals surface area contributed by atoms with Gasteiger partial charge >= 0.3 is 0 Å². The predicted octanol–water partition coefficient (Wildman–Crippen LogP) is 0.941. The summed E-state index contributed by atoms with van der Waals surface area (Å²) in [5, 5.41) is 3.02. The lowest BCUT2D eigenvalue weighted by Gasteiger charge is -2.17. The molecule has 0 saturated carbocycles. The molecule has 0 spiro atoms. The van der Waals surface area contributed by atoms with Crippen molar-refractivity contribution in [1.29, 1.82) is 0 Å². The Morgan fingerprint density at radius 2 is 2.25 bits per heavy atom. The van der Waals surface area contributed by atoms with Crippen LogP contribution in [0.3, 0.4) is 0 Å². The summed E-state index contributed by atoms with van der Waals surface area (Å²) in [5.41, 5.74) is 1.27. The molecule has 1 aliphatic heterocycles. The highest BCUT2D eigenvalue weighted by molar-refractivity contribution is 5.89. The van der Waals surface area contributed by atoms with Crippen LogP contribution in [0, 0.1) is 5.92 Å². The van der Waals surface area contributed by atoms with Crippen molar-refractivity contribution >= 4 is 11.8 Å². The van der Waals surface area contributed by atoms with Crippen LogP contribution in [-0.2, 0) is 23.1 Å². The molecule has 2 heterocycles. The number of hydrogen-bond donors (Lipinski definition) is 1. The lowest BCUT2D eigenvalue weighted by Crippen LogP contribution is -2.38. The molecule has 1 N–H and O–H groups in total. The van der Waals surface area contributed by atoms with Gasteiger partial charge in [-0.3, -0.25) is 9.59 Å². The molecule has 2 amide bonds. The number of carbonyl (C=O) groups excluding carboxylic acids is 2. The molecule has 110 valence electrons. The van der Waals surface area contributed by atoms with E-state index in [1.807, 2.05) is 26.2 Å². The maximum absolute atomic E-state index is 12.1. The monoisotopic (exact) mass is 277 g/mol. The highest BCUT2D eigenvalue weighted by atomic mass is 16.2. The topological polar surface area (TPSA) is 54.3 Å². The van der Waals surface area contributed by atoms with E-state index >= 15 is 0 Å². The number of nitrogens with one attached hydrogen (secondary N) is 1. The molecule has 5 nitrogen and oxygen atoms in total. The van der Waals surface area contributed by atoms with E-state index in [0.717, 1.165) is 12.8 Å². The predicted molar refractivity (Wildman–Crippen MR) is 77.1 cm³/mol. The van der Waals surface area contributed by atoms with Crippen LogP contribution in [0.5, 0.6) is 0 Å². The van der Waals surface area contributed by atoms with Gasteiger partial charge in [-0.05, 0) is 31.9 Å². The van der Waals surface area contributed by atoms with Crippen LogP contribution >= 0.6 is 0 Å². The summed E-state index contributed by atoms with van der Waals surface area (Å²) >= 11 is 0. The molecule has 0 unspecified atom stereocenters. The summed E-state index contributed by atoms with van der Waals surface area (Å²) in [6, 6.07) is 4.25. The van der Waals surface area contributed by atoms with Crippen LogP contribution < -0.4 is 5.32 Å². The van der Waals surface area contributed by atoms with E-state index in [0.29, 0.717) is 13.0 Å². The van der Waals surface area contributed by atoms with Crippen molar-refractivity contribution in [2.24, 2.45) is 13.0 Å². The van der Waals surface area contributed by atoms with E-state index in [1.165, 1.54) is 5.69 Å². The third-order valence-electron chi connectivity index (χ3n) is 3.99. The van der Waals surface area contributed by atoms with Crippen LogP contribution in [0.15, 0.2) is 18.3 Å². The Kier molecular flexibility index (Phi) is 4.47. The van der Waals surface area contributed by atoms with Crippen LogP contribution in [0.2, 0.25) is 0 Å². The van der Waals surface area contributed by atoms with Gasteiger partial charge < -0.3 is 14.8 Å². The van der Waals surface area contributed by atoms with Gasteiger partial charge in [0.25, 0.3) is 0 Å². The quantitative estimate of drug-likeness (QED) is 0.871. The molecular formula is C15H23N3O2. The number of rotatable bonds is 5. The Balaban J connectivity index is 1.77. The number of carbonyl (C=O) groups is 2. The SMILES string of the molecule is C[C@@H](CCc1cccn1C)NC(=O)[C@@H]1CC(=O)N(C)C1. The standard InChI is InChI=1S/C15H23N3O2/c1-11(6-7-13-5-4-8-17(13)2)16-15(20)12-9-14(19)18(3)10-12/h4-5,8,11-12H,6-7,9-10H2,1-3H3,(H,16,20)/t11-,12+/m0/s1. The van der Waals surface area contributed by atoms with Gasteiger partial charge in [-0.1, -0.05) is 0 Å². The highest BCUT2D eigenvalue weighted by Gasteiger charge is 2.32. The van der Waals surface area contributed by atoms with Gasteiger partial charge in [-0.2, -0.15) is 0 Å². The second-order valence-corrected chi connectivity index (χ2v) is 5.73. The maximum Gasteiger partial charge on any atom is 0.225 e. The molecule has 0 aromatic carbocycles. The number of amides is 2. The van der Waals surface area contributed by atoms with Crippen LogP contribution in [0.1, 0.15) is 25.5 Å². The zero-order chi connectivity index (χ0) is 14.7. The maximum atomic E-state index is 12.1. The van der Waals surface area contributed by atoms with Crippen molar-refractivity contribution in [3.8, 4) is 0 Å². The zero-order valence-corrected chi connectivity index (χ0v) is 12.4. The summed E-state index contributed by atoms with van der Waals surface area (Å²) in [7, 11) is 3.77. The van der Waals surface area contributed by atoms with Gasteiger partial charge in [0.15, 0.2) is 0 Å². The van der Waals surface area contributed by atoms with E-state index in [2.05, 4.69) is 16.0 Å². The summed E-state index contributed by atoms with van der Waals surface area (Å²) in [6.07, 6.45) is 4.21. The van der Waals surface area contributed by atoms with Gasteiger partial charge in [0.2, 0.25) is 11.8 Å². The van der Waals surface area contributed by atoms with Gasteiger partial charge in [0, 0.05) is 45.0 Å². The average molecular weight is 277 g/mol. The van der Waals surface area contributed by atoms with Gasteiger partial charge in [-0.25, -0.2) is 0 Å². The van der Waals surface area contributed by atoms with Crippen LogP contribution in [0.4, 0.5) is 0 Å². The number of aryl methyl sites for hydroxylation is 2. The first-order valence-corrected chi connectivity index (χ1v) is 7.12. The van der Waals surface area contributed by atoms with Crippen molar-refractivity contribution in [3.05, 3.63) is 24.0 Å². The summed E-state index contributed by atoms with van der Waals surface area (Å²) in [5.74, 6) is -0.131. The van der Waals surface area contributed by atoms with Crippen molar-refractivity contribution in [2.75, 3.05) is 13.6 Å². The summed E-state index contributed by atoms with van der Waals surface area (Å²) in [4.78, 5) is 25.1. The number of likely N-dealkylation sites (tertiary alicyclic amines) is 1. The zero-order valence-electron chi connectivity index (χ0n) is 12.4. The van der Waals surface area contributed by atoms with E-state index < -0.39 is 0 Å². The smallest absolute Gasteiger partial charge is 0.225 e. The van der Waals surface area contributed by atoms with Gasteiger partial charge in [0.1, 0.15) is 0 Å².